The Morgan fingerprint density at radius 1 is 1.32 bits per heavy atom. The van der Waals surface area contributed by atoms with Gasteiger partial charge < -0.3 is 10.3 Å². The highest BCUT2D eigenvalue weighted by Gasteiger charge is 2.39. The molecule has 2 atom stereocenters. The van der Waals surface area contributed by atoms with Gasteiger partial charge in [-0.2, -0.15) is 4.31 Å². The van der Waals surface area contributed by atoms with Crippen LogP contribution in [-0.4, -0.2) is 36.4 Å². The van der Waals surface area contributed by atoms with Crippen LogP contribution in [0, 0.1) is 12.8 Å². The number of fused-ring (bicyclic) bond motifs is 1. The number of benzene rings is 1. The first kappa shape index (κ1) is 15.5. The van der Waals surface area contributed by atoms with Gasteiger partial charge in [-0.1, -0.05) is 18.2 Å². The number of nitrogens with zero attached hydrogens (tertiary/aromatic N) is 2. The van der Waals surface area contributed by atoms with Crippen LogP contribution < -0.4 is 5.73 Å². The van der Waals surface area contributed by atoms with Gasteiger partial charge in [-0.25, -0.2) is 8.42 Å². The van der Waals surface area contributed by atoms with Gasteiger partial charge in [-0.15, -0.1) is 0 Å². The highest BCUT2D eigenvalue weighted by atomic mass is 32.2. The summed E-state index contributed by atoms with van der Waals surface area (Å²) in [4.78, 5) is 0.440. The van der Waals surface area contributed by atoms with E-state index in [9.17, 15) is 8.42 Å². The molecule has 1 aromatic carbocycles. The second kappa shape index (κ2) is 5.37. The second-order valence-electron chi connectivity index (χ2n) is 6.25. The summed E-state index contributed by atoms with van der Waals surface area (Å²) >= 11 is 0. The number of hydrogen-bond acceptors (Lipinski definition) is 3. The van der Waals surface area contributed by atoms with Crippen LogP contribution in [0.3, 0.4) is 0 Å². The van der Waals surface area contributed by atoms with Crippen LogP contribution in [0.15, 0.2) is 29.2 Å². The first-order valence-electron chi connectivity index (χ1n) is 7.63. The molecule has 1 aliphatic heterocycles. The summed E-state index contributed by atoms with van der Waals surface area (Å²) in [5, 5.41) is 0.797. The first-order chi connectivity index (χ1) is 10.4. The average Bonchev–Trinajstić information content (AvgIpc) is 2.99. The van der Waals surface area contributed by atoms with Gasteiger partial charge in [-0.3, -0.25) is 0 Å². The van der Waals surface area contributed by atoms with Crippen molar-refractivity contribution in [3.05, 3.63) is 30.0 Å². The van der Waals surface area contributed by atoms with Crippen LogP contribution in [0.2, 0.25) is 0 Å². The third kappa shape index (κ3) is 2.17. The van der Waals surface area contributed by atoms with Crippen LogP contribution in [0.1, 0.15) is 19.0 Å². The Balaban J connectivity index is 2.17. The van der Waals surface area contributed by atoms with Crippen molar-refractivity contribution in [3.8, 4) is 0 Å². The summed E-state index contributed by atoms with van der Waals surface area (Å²) < 4.78 is 30.0. The summed E-state index contributed by atoms with van der Waals surface area (Å²) in [7, 11) is -1.60. The van der Waals surface area contributed by atoms with E-state index in [4.69, 9.17) is 5.73 Å². The highest BCUT2D eigenvalue weighted by molar-refractivity contribution is 7.89. The van der Waals surface area contributed by atoms with Gasteiger partial charge in [0.05, 0.1) is 0 Å². The van der Waals surface area contributed by atoms with Gasteiger partial charge in [0, 0.05) is 36.2 Å². The Kier molecular flexibility index (Phi) is 3.79. The van der Waals surface area contributed by atoms with Crippen LogP contribution in [0.4, 0.5) is 0 Å². The predicted octanol–water partition coefficient (Wildman–Crippen LogP) is 1.84. The molecule has 0 aliphatic carbocycles. The summed E-state index contributed by atoms with van der Waals surface area (Å²) in [5.41, 5.74) is 7.47. The molecule has 0 saturated carbocycles. The number of nitrogens with two attached hydrogens (primary N) is 1. The SMILES string of the molecule is Cc1c(S(=O)(=O)N2CC(CN)CC2C)c2ccccc2n1C. The first-order valence-corrected chi connectivity index (χ1v) is 9.07. The van der Waals surface area contributed by atoms with Crippen molar-refractivity contribution in [3.63, 3.8) is 0 Å². The van der Waals surface area contributed by atoms with E-state index in [1.54, 1.807) is 4.31 Å². The molecule has 0 radical (unpaired) electrons. The Bertz CT molecular complexity index is 810. The smallest absolute Gasteiger partial charge is 0.245 e. The number of aromatic nitrogens is 1. The lowest BCUT2D eigenvalue weighted by Gasteiger charge is -2.21. The molecule has 2 heterocycles. The standard InChI is InChI=1S/C16H23N3O2S/c1-11-8-13(9-17)10-19(11)22(20,21)16-12(2)18(3)15-7-5-4-6-14(15)16/h4-7,11,13H,8-10,17H2,1-3H3. The lowest BCUT2D eigenvalue weighted by molar-refractivity contribution is 0.404. The number of para-hydroxylation sites is 1. The molecule has 2 aromatic rings. The molecule has 6 heteroatoms. The van der Waals surface area contributed by atoms with Crippen LogP contribution in [-0.2, 0) is 17.1 Å². The van der Waals surface area contributed by atoms with Gasteiger partial charge >= 0.3 is 0 Å². The Morgan fingerprint density at radius 3 is 2.64 bits per heavy atom. The summed E-state index contributed by atoms with van der Waals surface area (Å²) in [6.07, 6.45) is 0.833. The van der Waals surface area contributed by atoms with E-state index in [2.05, 4.69) is 0 Å². The minimum Gasteiger partial charge on any atom is -0.347 e. The molecule has 1 saturated heterocycles. The Labute approximate surface area is 131 Å². The van der Waals surface area contributed by atoms with Gasteiger partial charge in [-0.05, 0) is 38.8 Å². The molecule has 2 N–H and O–H groups in total. The summed E-state index contributed by atoms with van der Waals surface area (Å²) in [6.45, 7) is 4.88. The normalized spacial score (nSPS) is 23.5. The number of rotatable bonds is 3. The average molecular weight is 321 g/mol. The van der Waals surface area contributed by atoms with E-state index in [0.29, 0.717) is 18.0 Å². The maximum absolute atomic E-state index is 13.2. The minimum absolute atomic E-state index is 0.00285. The van der Waals surface area contributed by atoms with Crippen LogP contribution >= 0.6 is 0 Å². The quantitative estimate of drug-likeness (QED) is 0.938. The predicted molar refractivity (Wildman–Crippen MR) is 88.2 cm³/mol. The number of aryl methyl sites for hydroxylation is 1. The van der Waals surface area contributed by atoms with E-state index >= 15 is 0 Å². The zero-order valence-electron chi connectivity index (χ0n) is 13.3. The molecule has 1 aromatic heterocycles. The van der Waals surface area contributed by atoms with E-state index in [1.807, 2.05) is 49.7 Å². The van der Waals surface area contributed by atoms with Crippen molar-refractivity contribution in [2.24, 2.45) is 18.7 Å². The molecule has 3 rings (SSSR count). The molecule has 120 valence electrons. The number of sulfonamides is 1. The van der Waals surface area contributed by atoms with Gasteiger partial charge in [0.2, 0.25) is 10.0 Å². The third-order valence-corrected chi connectivity index (χ3v) is 7.00. The molecule has 22 heavy (non-hydrogen) atoms. The fourth-order valence-electron chi connectivity index (χ4n) is 3.54. The minimum atomic E-state index is -3.51. The Morgan fingerprint density at radius 2 is 2.00 bits per heavy atom. The monoisotopic (exact) mass is 321 g/mol. The molecule has 1 fully saturated rings. The molecule has 0 amide bonds. The molecule has 5 nitrogen and oxygen atoms in total. The van der Waals surface area contributed by atoms with Crippen molar-refractivity contribution in [1.29, 1.82) is 0 Å². The van der Waals surface area contributed by atoms with Gasteiger partial charge in [0.25, 0.3) is 0 Å². The molecule has 0 spiro atoms. The van der Waals surface area contributed by atoms with Crippen LogP contribution in [0.5, 0.6) is 0 Å². The van der Waals surface area contributed by atoms with Crippen molar-refractivity contribution in [2.75, 3.05) is 13.1 Å². The van der Waals surface area contributed by atoms with E-state index in [0.717, 1.165) is 23.0 Å². The lowest BCUT2D eigenvalue weighted by atomic mass is 10.1. The van der Waals surface area contributed by atoms with Gasteiger partial charge in [0.15, 0.2) is 0 Å². The summed E-state index contributed by atoms with van der Waals surface area (Å²) in [5.74, 6) is 0.250. The molecule has 0 bridgehead atoms. The topological polar surface area (TPSA) is 68.3 Å². The second-order valence-corrected chi connectivity index (χ2v) is 8.08. The van der Waals surface area contributed by atoms with Crippen molar-refractivity contribution in [1.82, 2.24) is 8.87 Å². The van der Waals surface area contributed by atoms with Crippen molar-refractivity contribution >= 4 is 20.9 Å². The van der Waals surface area contributed by atoms with Crippen LogP contribution in [0.25, 0.3) is 10.9 Å². The third-order valence-electron chi connectivity index (χ3n) is 4.85. The zero-order valence-corrected chi connectivity index (χ0v) is 14.1. The fourth-order valence-corrected chi connectivity index (χ4v) is 5.71. The largest absolute Gasteiger partial charge is 0.347 e. The maximum Gasteiger partial charge on any atom is 0.245 e. The van der Waals surface area contributed by atoms with E-state index < -0.39 is 10.0 Å². The van der Waals surface area contributed by atoms with E-state index in [1.165, 1.54) is 0 Å². The fraction of sp³-hybridized carbons (Fsp3) is 0.500. The van der Waals surface area contributed by atoms with Crippen molar-refractivity contribution < 1.29 is 8.42 Å². The molecular formula is C16H23N3O2S. The lowest BCUT2D eigenvalue weighted by Crippen LogP contribution is -2.34. The maximum atomic E-state index is 13.2. The number of hydrogen-bond donors (Lipinski definition) is 1. The van der Waals surface area contributed by atoms with E-state index in [-0.39, 0.29) is 12.0 Å². The highest BCUT2D eigenvalue weighted by Crippen LogP contribution is 2.35. The molecule has 2 unspecified atom stereocenters. The molecular weight excluding hydrogens is 298 g/mol. The van der Waals surface area contributed by atoms with Gasteiger partial charge in [0.1, 0.15) is 4.90 Å². The summed E-state index contributed by atoms with van der Waals surface area (Å²) in [6, 6.07) is 7.66. The zero-order chi connectivity index (χ0) is 16.1. The Hall–Kier alpha value is -1.37. The molecule has 1 aliphatic rings. The van der Waals surface area contributed by atoms with Crippen molar-refractivity contribution in [2.45, 2.75) is 31.2 Å².